The van der Waals surface area contributed by atoms with Gasteiger partial charge in [-0.15, -0.1) is 0 Å². The number of para-hydroxylation sites is 1. The minimum absolute atomic E-state index is 0.142. The van der Waals surface area contributed by atoms with Crippen LogP contribution in [0.2, 0.25) is 0 Å². The summed E-state index contributed by atoms with van der Waals surface area (Å²) in [6, 6.07) is 8.06. The van der Waals surface area contributed by atoms with E-state index in [1.165, 1.54) is 6.20 Å². The van der Waals surface area contributed by atoms with Crippen molar-refractivity contribution in [3.8, 4) is 5.75 Å². The van der Waals surface area contributed by atoms with Crippen molar-refractivity contribution in [3.05, 3.63) is 47.8 Å². The van der Waals surface area contributed by atoms with Crippen LogP contribution in [0.15, 0.2) is 36.7 Å². The molecule has 1 aromatic heterocycles. The van der Waals surface area contributed by atoms with Crippen LogP contribution in [0.5, 0.6) is 5.75 Å². The van der Waals surface area contributed by atoms with Gasteiger partial charge in [0.1, 0.15) is 5.75 Å². The molecule has 1 aromatic carbocycles. The van der Waals surface area contributed by atoms with Gasteiger partial charge in [0.25, 0.3) is 0 Å². The first-order valence-electron chi connectivity index (χ1n) is 9.65. The number of carbonyl (C=O) groups is 2. The van der Waals surface area contributed by atoms with Gasteiger partial charge in [0.05, 0.1) is 24.9 Å². The second kappa shape index (κ2) is 8.91. The minimum Gasteiger partial charge on any atom is -0.496 e. The highest BCUT2D eigenvalue weighted by atomic mass is 16.5. The molecule has 1 N–H and O–H groups in total. The van der Waals surface area contributed by atoms with Gasteiger partial charge in [-0.05, 0) is 36.8 Å². The lowest BCUT2D eigenvalue weighted by Crippen LogP contribution is -2.39. The molecule has 7 nitrogen and oxygen atoms in total. The van der Waals surface area contributed by atoms with Crippen molar-refractivity contribution in [2.75, 3.05) is 20.2 Å². The minimum atomic E-state index is -0.970. The van der Waals surface area contributed by atoms with E-state index in [2.05, 4.69) is 12.0 Å². The topological polar surface area (TPSA) is 84.7 Å². The zero-order chi connectivity index (χ0) is 20.1. The largest absolute Gasteiger partial charge is 0.496 e. The number of aromatic nitrogens is 2. The third-order valence-corrected chi connectivity index (χ3v) is 5.32. The van der Waals surface area contributed by atoms with E-state index in [1.54, 1.807) is 18.0 Å². The molecule has 28 heavy (non-hydrogen) atoms. The van der Waals surface area contributed by atoms with Crippen LogP contribution in [-0.4, -0.2) is 51.9 Å². The number of aromatic carboxylic acids is 1. The van der Waals surface area contributed by atoms with E-state index in [9.17, 15) is 9.59 Å². The molecule has 1 unspecified atom stereocenters. The fraction of sp³-hybridized carbons (Fsp3) is 0.476. The molecule has 2 heterocycles. The molecule has 1 aliphatic rings. The highest BCUT2D eigenvalue weighted by Gasteiger charge is 2.25. The van der Waals surface area contributed by atoms with E-state index in [0.29, 0.717) is 19.5 Å². The Kier molecular flexibility index (Phi) is 6.34. The number of rotatable bonds is 7. The molecule has 2 aromatic rings. The maximum atomic E-state index is 12.7. The van der Waals surface area contributed by atoms with Crippen LogP contribution in [-0.2, 0) is 11.2 Å². The normalized spacial score (nSPS) is 16.0. The van der Waals surface area contributed by atoms with E-state index in [-0.39, 0.29) is 23.4 Å². The van der Waals surface area contributed by atoms with Gasteiger partial charge in [-0.2, -0.15) is 5.10 Å². The number of carbonyl (C=O) groups excluding carboxylic acids is 1. The number of piperidine rings is 1. The van der Waals surface area contributed by atoms with Crippen molar-refractivity contribution in [3.63, 3.8) is 0 Å². The Morgan fingerprint density at radius 1 is 1.29 bits per heavy atom. The van der Waals surface area contributed by atoms with Crippen LogP contribution in [0.4, 0.5) is 0 Å². The zero-order valence-corrected chi connectivity index (χ0v) is 16.4. The molecule has 0 radical (unpaired) electrons. The first kappa shape index (κ1) is 19.9. The molecular formula is C21H27N3O4. The zero-order valence-electron chi connectivity index (χ0n) is 16.4. The van der Waals surface area contributed by atoms with Gasteiger partial charge in [0.15, 0.2) is 0 Å². The molecular weight excluding hydrogens is 358 g/mol. The summed E-state index contributed by atoms with van der Waals surface area (Å²) in [6.45, 7) is 3.44. The summed E-state index contributed by atoms with van der Waals surface area (Å²) < 4.78 is 7.12. The fourth-order valence-corrected chi connectivity index (χ4v) is 3.77. The molecule has 1 aliphatic heterocycles. The molecule has 1 atom stereocenters. The number of ether oxygens (including phenoxy) is 1. The van der Waals surface area contributed by atoms with E-state index < -0.39 is 5.97 Å². The summed E-state index contributed by atoms with van der Waals surface area (Å²) in [4.78, 5) is 25.6. The second-order valence-electron chi connectivity index (χ2n) is 7.45. The second-order valence-corrected chi connectivity index (χ2v) is 7.45. The Morgan fingerprint density at radius 2 is 2.00 bits per heavy atom. The lowest BCUT2D eigenvalue weighted by molar-refractivity contribution is -0.133. The van der Waals surface area contributed by atoms with E-state index in [0.717, 1.165) is 30.6 Å². The van der Waals surface area contributed by atoms with Crippen molar-refractivity contribution >= 4 is 11.9 Å². The molecule has 0 aliphatic carbocycles. The number of carboxylic acids is 1. The van der Waals surface area contributed by atoms with Crippen LogP contribution < -0.4 is 4.74 Å². The quantitative estimate of drug-likeness (QED) is 0.792. The predicted octanol–water partition coefficient (Wildman–Crippen LogP) is 3.02. The van der Waals surface area contributed by atoms with Crippen molar-refractivity contribution in [2.45, 2.75) is 38.6 Å². The molecule has 1 fully saturated rings. The number of hydrogen-bond acceptors (Lipinski definition) is 4. The van der Waals surface area contributed by atoms with Crippen LogP contribution in [0.25, 0.3) is 0 Å². The molecule has 1 saturated heterocycles. The number of hydrogen-bond donors (Lipinski definition) is 1. The standard InChI is InChI=1S/C21H27N3O4/c1-15(11-16-5-3-4-6-19(16)28-2)12-20(25)23-9-7-18(8-10-23)24-14-17(13-22-24)21(26)27/h3-6,13-15,18H,7-12H2,1-2H3,(H,26,27). The van der Waals surface area contributed by atoms with Crippen LogP contribution in [0.3, 0.4) is 0 Å². The Hall–Kier alpha value is -2.83. The molecule has 7 heteroatoms. The molecule has 1 amide bonds. The van der Waals surface area contributed by atoms with Gasteiger partial charge in [0, 0.05) is 25.7 Å². The summed E-state index contributed by atoms with van der Waals surface area (Å²) in [6.07, 6.45) is 5.82. The van der Waals surface area contributed by atoms with Gasteiger partial charge in [-0.3, -0.25) is 9.48 Å². The van der Waals surface area contributed by atoms with Gasteiger partial charge in [-0.25, -0.2) is 4.79 Å². The molecule has 0 saturated carbocycles. The first-order chi connectivity index (χ1) is 13.5. The number of benzene rings is 1. The predicted molar refractivity (Wildman–Crippen MR) is 105 cm³/mol. The van der Waals surface area contributed by atoms with Crippen molar-refractivity contribution in [1.29, 1.82) is 0 Å². The maximum Gasteiger partial charge on any atom is 0.338 e. The Bertz CT molecular complexity index is 825. The smallest absolute Gasteiger partial charge is 0.338 e. The average molecular weight is 385 g/mol. The summed E-state index contributed by atoms with van der Waals surface area (Å²) >= 11 is 0. The van der Waals surface area contributed by atoms with Crippen LogP contribution >= 0.6 is 0 Å². The van der Waals surface area contributed by atoms with Gasteiger partial charge in [0.2, 0.25) is 5.91 Å². The molecule has 0 spiro atoms. The van der Waals surface area contributed by atoms with Gasteiger partial charge >= 0.3 is 5.97 Å². The fourth-order valence-electron chi connectivity index (χ4n) is 3.77. The lowest BCUT2D eigenvalue weighted by Gasteiger charge is -2.32. The first-order valence-corrected chi connectivity index (χ1v) is 9.65. The van der Waals surface area contributed by atoms with E-state index in [4.69, 9.17) is 9.84 Å². The molecule has 3 rings (SSSR count). The van der Waals surface area contributed by atoms with Gasteiger partial charge < -0.3 is 14.7 Å². The molecule has 0 bridgehead atoms. The monoisotopic (exact) mass is 385 g/mol. The third-order valence-electron chi connectivity index (χ3n) is 5.32. The highest BCUT2D eigenvalue weighted by Crippen LogP contribution is 2.25. The SMILES string of the molecule is COc1ccccc1CC(C)CC(=O)N1CCC(n2cc(C(=O)O)cn2)CC1. The number of amides is 1. The third kappa shape index (κ3) is 4.71. The van der Waals surface area contributed by atoms with Crippen molar-refractivity contribution in [2.24, 2.45) is 5.92 Å². The Balaban J connectivity index is 1.50. The van der Waals surface area contributed by atoms with Crippen LogP contribution in [0, 0.1) is 5.92 Å². The van der Waals surface area contributed by atoms with Crippen molar-refractivity contribution in [1.82, 2.24) is 14.7 Å². The number of carboxylic acid groups (broad SMARTS) is 1. The maximum absolute atomic E-state index is 12.7. The number of nitrogens with zero attached hydrogens (tertiary/aromatic N) is 3. The number of likely N-dealkylation sites (tertiary alicyclic amines) is 1. The summed E-state index contributed by atoms with van der Waals surface area (Å²) in [7, 11) is 1.66. The Labute approximate surface area is 164 Å². The number of methoxy groups -OCH3 is 1. The van der Waals surface area contributed by atoms with Crippen LogP contribution in [0.1, 0.15) is 48.1 Å². The summed E-state index contributed by atoms with van der Waals surface area (Å²) in [5.41, 5.74) is 1.32. The Morgan fingerprint density at radius 3 is 2.64 bits per heavy atom. The lowest BCUT2D eigenvalue weighted by atomic mass is 9.96. The van der Waals surface area contributed by atoms with E-state index in [1.807, 2.05) is 29.2 Å². The average Bonchev–Trinajstić information content (AvgIpc) is 3.19. The van der Waals surface area contributed by atoms with Crippen molar-refractivity contribution < 1.29 is 19.4 Å². The highest BCUT2D eigenvalue weighted by molar-refractivity contribution is 5.86. The summed E-state index contributed by atoms with van der Waals surface area (Å²) in [5, 5.41) is 13.2. The molecule has 150 valence electrons. The van der Waals surface area contributed by atoms with E-state index >= 15 is 0 Å². The van der Waals surface area contributed by atoms with Gasteiger partial charge in [-0.1, -0.05) is 25.1 Å². The summed E-state index contributed by atoms with van der Waals surface area (Å²) in [5.74, 6) is 0.295.